The lowest BCUT2D eigenvalue weighted by Crippen LogP contribution is -2.47. The van der Waals surface area contributed by atoms with E-state index in [0.717, 1.165) is 18.5 Å². The van der Waals surface area contributed by atoms with Crippen LogP contribution in [0.15, 0.2) is 60.7 Å². The number of hydrogen-bond donors (Lipinski definition) is 2. The molecule has 0 spiro atoms. The number of benzene rings is 2. The van der Waals surface area contributed by atoms with Crippen molar-refractivity contribution in [3.63, 3.8) is 0 Å². The summed E-state index contributed by atoms with van der Waals surface area (Å²) in [5, 5.41) is 5.55. The number of anilines is 1. The van der Waals surface area contributed by atoms with Crippen molar-refractivity contribution in [3.05, 3.63) is 66.2 Å². The summed E-state index contributed by atoms with van der Waals surface area (Å²) < 4.78 is 0. The molecular weight excluding hydrogens is 342 g/mol. The molecule has 1 unspecified atom stereocenters. The number of rotatable bonds is 5. The first-order valence-corrected chi connectivity index (χ1v) is 9.10. The third kappa shape index (κ3) is 5.17. The van der Waals surface area contributed by atoms with Crippen LogP contribution in [0.5, 0.6) is 0 Å². The van der Waals surface area contributed by atoms with E-state index in [1.165, 1.54) is 0 Å². The third-order valence-electron chi connectivity index (χ3n) is 4.62. The Morgan fingerprint density at radius 2 is 1.63 bits per heavy atom. The fourth-order valence-electron chi connectivity index (χ4n) is 3.14. The van der Waals surface area contributed by atoms with Gasteiger partial charge in [-0.15, -0.1) is 0 Å². The van der Waals surface area contributed by atoms with Gasteiger partial charge in [-0.25, -0.2) is 0 Å². The monoisotopic (exact) mass is 365 g/mol. The quantitative estimate of drug-likeness (QED) is 0.853. The Kier molecular flexibility index (Phi) is 6.20. The SMILES string of the molecule is O=C(NCC(=O)N1CCCC(C(=O)Nc2ccccc2)C1)c1ccccc1. The highest BCUT2D eigenvalue weighted by Crippen LogP contribution is 2.19. The van der Waals surface area contributed by atoms with Crippen LogP contribution in [0.1, 0.15) is 23.2 Å². The molecule has 2 N–H and O–H groups in total. The Hall–Kier alpha value is -3.15. The van der Waals surface area contributed by atoms with E-state index in [9.17, 15) is 14.4 Å². The topological polar surface area (TPSA) is 78.5 Å². The maximum atomic E-state index is 12.5. The smallest absolute Gasteiger partial charge is 0.251 e. The highest BCUT2D eigenvalue weighted by Gasteiger charge is 2.28. The maximum absolute atomic E-state index is 12.5. The molecule has 0 bridgehead atoms. The van der Waals surface area contributed by atoms with Gasteiger partial charge in [-0.05, 0) is 37.1 Å². The fraction of sp³-hybridized carbons (Fsp3) is 0.286. The minimum absolute atomic E-state index is 0.0687. The Morgan fingerprint density at radius 1 is 0.963 bits per heavy atom. The Morgan fingerprint density at radius 3 is 2.33 bits per heavy atom. The van der Waals surface area contributed by atoms with Crippen molar-refractivity contribution in [2.75, 3.05) is 25.0 Å². The van der Waals surface area contributed by atoms with E-state index in [4.69, 9.17) is 0 Å². The number of hydrogen-bond acceptors (Lipinski definition) is 3. The highest BCUT2D eigenvalue weighted by atomic mass is 16.2. The van der Waals surface area contributed by atoms with Crippen LogP contribution in [0.4, 0.5) is 5.69 Å². The lowest BCUT2D eigenvalue weighted by atomic mass is 9.97. The molecule has 1 aliphatic heterocycles. The summed E-state index contributed by atoms with van der Waals surface area (Å²) in [5.74, 6) is -0.768. The molecule has 1 aliphatic rings. The van der Waals surface area contributed by atoms with Gasteiger partial charge in [0.15, 0.2) is 0 Å². The molecule has 2 aromatic carbocycles. The second kappa shape index (κ2) is 8.98. The molecule has 3 rings (SSSR count). The van der Waals surface area contributed by atoms with E-state index in [1.807, 2.05) is 36.4 Å². The molecule has 1 fully saturated rings. The molecule has 0 radical (unpaired) electrons. The Labute approximate surface area is 158 Å². The number of nitrogens with one attached hydrogen (secondary N) is 2. The molecule has 0 aromatic heterocycles. The van der Waals surface area contributed by atoms with Gasteiger partial charge in [-0.2, -0.15) is 0 Å². The third-order valence-corrected chi connectivity index (χ3v) is 4.62. The lowest BCUT2D eigenvalue weighted by Gasteiger charge is -2.32. The van der Waals surface area contributed by atoms with Gasteiger partial charge in [-0.1, -0.05) is 36.4 Å². The van der Waals surface area contributed by atoms with Crippen LogP contribution >= 0.6 is 0 Å². The van der Waals surface area contributed by atoms with E-state index in [1.54, 1.807) is 29.2 Å². The number of likely N-dealkylation sites (tertiary alicyclic amines) is 1. The molecule has 2 aromatic rings. The standard InChI is InChI=1S/C21H23N3O3/c25-19(14-22-20(26)16-8-3-1-4-9-16)24-13-7-10-17(15-24)21(27)23-18-11-5-2-6-12-18/h1-6,8-9,11-12,17H,7,10,13-15H2,(H,22,26)(H,23,27). The van der Waals surface area contributed by atoms with E-state index < -0.39 is 0 Å². The molecule has 1 saturated heterocycles. The average Bonchev–Trinajstić information content (AvgIpc) is 2.73. The van der Waals surface area contributed by atoms with E-state index >= 15 is 0 Å². The molecular formula is C21H23N3O3. The first-order valence-electron chi connectivity index (χ1n) is 9.10. The van der Waals surface area contributed by atoms with Crippen LogP contribution in [-0.4, -0.2) is 42.3 Å². The van der Waals surface area contributed by atoms with E-state index in [0.29, 0.717) is 18.7 Å². The van der Waals surface area contributed by atoms with Crippen molar-refractivity contribution in [1.29, 1.82) is 0 Å². The first kappa shape index (κ1) is 18.6. The summed E-state index contributed by atoms with van der Waals surface area (Å²) in [4.78, 5) is 38.6. The van der Waals surface area contributed by atoms with Crippen LogP contribution in [0, 0.1) is 5.92 Å². The van der Waals surface area contributed by atoms with Crippen molar-refractivity contribution < 1.29 is 14.4 Å². The average molecular weight is 365 g/mol. The summed E-state index contributed by atoms with van der Waals surface area (Å²) >= 11 is 0. The molecule has 0 saturated carbocycles. The van der Waals surface area contributed by atoms with Gasteiger partial charge < -0.3 is 15.5 Å². The zero-order valence-electron chi connectivity index (χ0n) is 15.1. The molecule has 27 heavy (non-hydrogen) atoms. The van der Waals surface area contributed by atoms with Crippen molar-refractivity contribution in [2.45, 2.75) is 12.8 Å². The zero-order chi connectivity index (χ0) is 19.1. The predicted octanol–water partition coefficient (Wildman–Crippen LogP) is 2.29. The number of nitrogens with zero attached hydrogens (tertiary/aromatic N) is 1. The number of para-hydroxylation sites is 1. The van der Waals surface area contributed by atoms with Crippen molar-refractivity contribution >= 4 is 23.4 Å². The van der Waals surface area contributed by atoms with Gasteiger partial charge in [0, 0.05) is 24.3 Å². The van der Waals surface area contributed by atoms with Crippen molar-refractivity contribution in [1.82, 2.24) is 10.2 Å². The summed E-state index contributed by atoms with van der Waals surface area (Å²) in [6.45, 7) is 0.911. The fourth-order valence-corrected chi connectivity index (χ4v) is 3.14. The molecule has 140 valence electrons. The van der Waals surface area contributed by atoms with Crippen LogP contribution in [0.2, 0.25) is 0 Å². The largest absolute Gasteiger partial charge is 0.343 e. The molecule has 0 aliphatic carbocycles. The van der Waals surface area contributed by atoms with Gasteiger partial charge in [0.05, 0.1) is 12.5 Å². The Balaban J connectivity index is 1.50. The van der Waals surface area contributed by atoms with Crippen LogP contribution in [0.3, 0.4) is 0 Å². The van der Waals surface area contributed by atoms with Gasteiger partial charge in [-0.3, -0.25) is 14.4 Å². The van der Waals surface area contributed by atoms with E-state index in [2.05, 4.69) is 10.6 Å². The second-order valence-corrected chi connectivity index (χ2v) is 6.58. The molecule has 1 heterocycles. The summed E-state index contributed by atoms with van der Waals surface area (Å²) in [7, 11) is 0. The maximum Gasteiger partial charge on any atom is 0.251 e. The lowest BCUT2D eigenvalue weighted by molar-refractivity contribution is -0.133. The minimum Gasteiger partial charge on any atom is -0.343 e. The normalized spacial score (nSPS) is 16.4. The van der Waals surface area contributed by atoms with Gasteiger partial charge in [0.1, 0.15) is 0 Å². The van der Waals surface area contributed by atoms with Gasteiger partial charge >= 0.3 is 0 Å². The molecule has 6 nitrogen and oxygen atoms in total. The van der Waals surface area contributed by atoms with Crippen molar-refractivity contribution in [2.24, 2.45) is 5.92 Å². The zero-order valence-corrected chi connectivity index (χ0v) is 15.1. The van der Waals surface area contributed by atoms with Crippen LogP contribution < -0.4 is 10.6 Å². The Bertz CT molecular complexity index is 793. The number of piperidine rings is 1. The minimum atomic E-state index is -0.278. The van der Waals surface area contributed by atoms with Crippen molar-refractivity contribution in [3.8, 4) is 0 Å². The highest BCUT2D eigenvalue weighted by molar-refractivity contribution is 5.96. The van der Waals surface area contributed by atoms with Gasteiger partial charge in [0.2, 0.25) is 11.8 Å². The summed E-state index contributed by atoms with van der Waals surface area (Å²) in [6.07, 6.45) is 1.52. The van der Waals surface area contributed by atoms with Crippen LogP contribution in [-0.2, 0) is 9.59 Å². The number of carbonyl (C=O) groups excluding carboxylic acids is 3. The first-order chi connectivity index (χ1) is 13.1. The molecule has 6 heteroatoms. The van der Waals surface area contributed by atoms with Gasteiger partial charge in [0.25, 0.3) is 5.91 Å². The second-order valence-electron chi connectivity index (χ2n) is 6.58. The summed E-state index contributed by atoms with van der Waals surface area (Å²) in [5.41, 5.74) is 1.27. The number of amides is 3. The van der Waals surface area contributed by atoms with Crippen LogP contribution in [0.25, 0.3) is 0 Å². The number of carbonyl (C=O) groups is 3. The van der Waals surface area contributed by atoms with E-state index in [-0.39, 0.29) is 30.2 Å². The summed E-state index contributed by atoms with van der Waals surface area (Å²) in [6, 6.07) is 18.1. The molecule has 1 atom stereocenters. The predicted molar refractivity (Wildman–Crippen MR) is 103 cm³/mol. The molecule has 3 amide bonds.